The van der Waals surface area contributed by atoms with E-state index in [-0.39, 0.29) is 11.4 Å². The Morgan fingerprint density at radius 3 is 2.70 bits per heavy atom. The molecule has 23 heavy (non-hydrogen) atoms. The number of rotatable bonds is 3. The molecule has 3 rings (SSSR count). The lowest BCUT2D eigenvalue weighted by molar-refractivity contribution is 0.0955. The molecule has 3 aromatic carbocycles. The lowest BCUT2D eigenvalue weighted by Crippen LogP contribution is -2.17. The Bertz CT molecular complexity index is 898. The fraction of sp³-hybridized carbons (Fsp3) is 0. The number of hydrazone groups is 1. The molecular formula is C18H15N3O2. The molecule has 0 fully saturated rings. The van der Waals surface area contributed by atoms with Crippen molar-refractivity contribution in [3.8, 4) is 5.75 Å². The molecule has 0 atom stereocenters. The van der Waals surface area contributed by atoms with Crippen LogP contribution in [0.5, 0.6) is 5.75 Å². The minimum atomic E-state index is -0.395. The minimum Gasteiger partial charge on any atom is -0.506 e. The lowest BCUT2D eigenvalue weighted by Gasteiger charge is -2.03. The van der Waals surface area contributed by atoms with Gasteiger partial charge in [0, 0.05) is 11.1 Å². The maximum absolute atomic E-state index is 12.0. The third-order valence-electron chi connectivity index (χ3n) is 3.48. The van der Waals surface area contributed by atoms with Crippen LogP contribution in [0, 0.1) is 0 Å². The van der Waals surface area contributed by atoms with Crippen LogP contribution in [0.3, 0.4) is 0 Å². The normalized spacial score (nSPS) is 11.0. The Labute approximate surface area is 133 Å². The van der Waals surface area contributed by atoms with Crippen molar-refractivity contribution in [2.45, 2.75) is 0 Å². The summed E-state index contributed by atoms with van der Waals surface area (Å²) in [5.74, 6) is -0.450. The van der Waals surface area contributed by atoms with E-state index in [2.05, 4.69) is 10.5 Å². The van der Waals surface area contributed by atoms with Crippen molar-refractivity contribution in [2.75, 3.05) is 5.73 Å². The molecular weight excluding hydrogens is 290 g/mol. The molecule has 5 nitrogen and oxygen atoms in total. The average Bonchev–Trinajstić information content (AvgIpc) is 2.57. The van der Waals surface area contributed by atoms with Crippen molar-refractivity contribution in [3.63, 3.8) is 0 Å². The molecule has 0 aliphatic rings. The highest BCUT2D eigenvalue weighted by Crippen LogP contribution is 2.20. The maximum atomic E-state index is 12.0. The fourth-order valence-corrected chi connectivity index (χ4v) is 2.28. The van der Waals surface area contributed by atoms with E-state index in [0.29, 0.717) is 5.56 Å². The number of nitrogens with two attached hydrogens (primary N) is 1. The molecule has 0 radical (unpaired) electrons. The zero-order chi connectivity index (χ0) is 16.2. The Kier molecular flexibility index (Phi) is 3.93. The first-order chi connectivity index (χ1) is 11.1. The van der Waals surface area contributed by atoms with Crippen LogP contribution in [0.4, 0.5) is 5.69 Å². The van der Waals surface area contributed by atoms with Crippen LogP contribution in [-0.2, 0) is 0 Å². The van der Waals surface area contributed by atoms with Crippen molar-refractivity contribution < 1.29 is 9.90 Å². The van der Waals surface area contributed by atoms with Gasteiger partial charge < -0.3 is 10.8 Å². The van der Waals surface area contributed by atoms with Gasteiger partial charge in [-0.05, 0) is 29.0 Å². The van der Waals surface area contributed by atoms with Crippen molar-refractivity contribution in [3.05, 3.63) is 71.8 Å². The van der Waals surface area contributed by atoms with Gasteiger partial charge >= 0.3 is 0 Å². The van der Waals surface area contributed by atoms with E-state index in [1.807, 2.05) is 42.5 Å². The molecule has 114 valence electrons. The van der Waals surface area contributed by atoms with Crippen molar-refractivity contribution in [2.24, 2.45) is 5.10 Å². The van der Waals surface area contributed by atoms with Crippen LogP contribution in [0.25, 0.3) is 10.8 Å². The number of phenols is 1. The number of fused-ring (bicyclic) bond motifs is 1. The number of nitrogen functional groups attached to an aromatic ring is 1. The molecule has 3 aromatic rings. The molecule has 1 amide bonds. The number of phenolic OH excluding ortho intramolecular Hbond substituents is 1. The molecule has 0 heterocycles. The van der Waals surface area contributed by atoms with Gasteiger partial charge in [-0.15, -0.1) is 0 Å². The summed E-state index contributed by atoms with van der Waals surface area (Å²) in [7, 11) is 0. The van der Waals surface area contributed by atoms with E-state index in [1.165, 1.54) is 18.2 Å². The highest BCUT2D eigenvalue weighted by Gasteiger charge is 2.06. The summed E-state index contributed by atoms with van der Waals surface area (Å²) in [6.07, 6.45) is 1.60. The van der Waals surface area contributed by atoms with Gasteiger partial charge in [-0.2, -0.15) is 5.10 Å². The van der Waals surface area contributed by atoms with Crippen LogP contribution >= 0.6 is 0 Å². The van der Waals surface area contributed by atoms with Gasteiger partial charge in [0.25, 0.3) is 5.91 Å². The van der Waals surface area contributed by atoms with E-state index in [1.54, 1.807) is 6.21 Å². The predicted molar refractivity (Wildman–Crippen MR) is 91.5 cm³/mol. The van der Waals surface area contributed by atoms with Crippen LogP contribution < -0.4 is 11.2 Å². The van der Waals surface area contributed by atoms with E-state index in [0.717, 1.165) is 16.3 Å². The van der Waals surface area contributed by atoms with E-state index < -0.39 is 5.91 Å². The lowest BCUT2D eigenvalue weighted by atomic mass is 10.1. The molecule has 0 aromatic heterocycles. The highest BCUT2D eigenvalue weighted by molar-refractivity contribution is 6.01. The molecule has 0 aliphatic carbocycles. The highest BCUT2D eigenvalue weighted by atomic mass is 16.3. The molecule has 4 N–H and O–H groups in total. The average molecular weight is 305 g/mol. The standard InChI is InChI=1S/C18H15N3O2/c19-16-10-13(8-9-17(16)22)18(23)21-20-11-14-6-3-5-12-4-1-2-7-15(12)14/h1-11,22H,19H2,(H,21,23). The quantitative estimate of drug-likeness (QED) is 0.301. The van der Waals surface area contributed by atoms with Gasteiger partial charge in [0.15, 0.2) is 0 Å². The Morgan fingerprint density at radius 2 is 1.87 bits per heavy atom. The molecule has 0 saturated carbocycles. The number of anilines is 1. The van der Waals surface area contributed by atoms with Crippen molar-refractivity contribution >= 4 is 28.6 Å². The Hall–Kier alpha value is -3.34. The van der Waals surface area contributed by atoms with Crippen molar-refractivity contribution in [1.82, 2.24) is 5.43 Å². The smallest absolute Gasteiger partial charge is 0.271 e. The number of nitrogens with one attached hydrogen (secondary N) is 1. The number of amides is 1. The summed E-state index contributed by atoms with van der Waals surface area (Å²) in [5.41, 5.74) is 9.41. The van der Waals surface area contributed by atoms with Gasteiger partial charge in [-0.1, -0.05) is 42.5 Å². The Morgan fingerprint density at radius 1 is 1.09 bits per heavy atom. The van der Waals surface area contributed by atoms with Gasteiger partial charge in [-0.3, -0.25) is 4.79 Å². The number of carbonyl (C=O) groups is 1. The zero-order valence-electron chi connectivity index (χ0n) is 12.2. The number of hydrogen-bond acceptors (Lipinski definition) is 4. The van der Waals surface area contributed by atoms with Crippen molar-refractivity contribution in [1.29, 1.82) is 0 Å². The molecule has 0 saturated heterocycles. The molecule has 0 bridgehead atoms. The summed E-state index contributed by atoms with van der Waals surface area (Å²) < 4.78 is 0. The second kappa shape index (κ2) is 6.19. The van der Waals surface area contributed by atoms with Gasteiger partial charge in [0.2, 0.25) is 0 Å². The summed E-state index contributed by atoms with van der Waals surface area (Å²) in [6.45, 7) is 0. The van der Waals surface area contributed by atoms with Crippen LogP contribution in [0.1, 0.15) is 15.9 Å². The molecule has 0 unspecified atom stereocenters. The molecule has 0 aliphatic heterocycles. The molecule has 0 spiro atoms. The van der Waals surface area contributed by atoms with Crippen LogP contribution in [0.15, 0.2) is 65.8 Å². The second-order valence-electron chi connectivity index (χ2n) is 5.04. The van der Waals surface area contributed by atoms with Gasteiger partial charge in [-0.25, -0.2) is 5.43 Å². The van der Waals surface area contributed by atoms with Gasteiger partial charge in [0.05, 0.1) is 11.9 Å². The second-order valence-corrected chi connectivity index (χ2v) is 5.04. The monoisotopic (exact) mass is 305 g/mol. The van der Waals surface area contributed by atoms with E-state index >= 15 is 0 Å². The largest absolute Gasteiger partial charge is 0.506 e. The first kappa shape index (κ1) is 14.6. The first-order valence-electron chi connectivity index (χ1n) is 7.05. The number of aromatic hydroxyl groups is 1. The summed E-state index contributed by atoms with van der Waals surface area (Å²) >= 11 is 0. The summed E-state index contributed by atoms with van der Waals surface area (Å²) in [6, 6.07) is 18.1. The first-order valence-corrected chi connectivity index (χ1v) is 7.05. The topological polar surface area (TPSA) is 87.7 Å². The maximum Gasteiger partial charge on any atom is 0.271 e. The number of hydrogen-bond donors (Lipinski definition) is 3. The Balaban J connectivity index is 1.77. The predicted octanol–water partition coefficient (Wildman–Crippen LogP) is 2.89. The SMILES string of the molecule is Nc1cc(C(=O)NN=Cc2cccc3ccccc23)ccc1O. The third kappa shape index (κ3) is 3.13. The fourth-order valence-electron chi connectivity index (χ4n) is 2.28. The number of carbonyl (C=O) groups excluding carboxylic acids is 1. The van der Waals surface area contributed by atoms with E-state index in [4.69, 9.17) is 5.73 Å². The summed E-state index contributed by atoms with van der Waals surface area (Å²) in [4.78, 5) is 12.0. The molecule has 5 heteroatoms. The summed E-state index contributed by atoms with van der Waals surface area (Å²) in [5, 5.41) is 15.5. The zero-order valence-corrected chi connectivity index (χ0v) is 12.2. The minimum absolute atomic E-state index is 0.0548. The number of benzene rings is 3. The van der Waals surface area contributed by atoms with Crippen LogP contribution in [0.2, 0.25) is 0 Å². The van der Waals surface area contributed by atoms with Gasteiger partial charge in [0.1, 0.15) is 5.75 Å². The van der Waals surface area contributed by atoms with E-state index in [9.17, 15) is 9.90 Å². The third-order valence-corrected chi connectivity index (χ3v) is 3.48. The van der Waals surface area contributed by atoms with Crippen LogP contribution in [-0.4, -0.2) is 17.2 Å². The number of nitrogens with zero attached hydrogens (tertiary/aromatic N) is 1.